The van der Waals surface area contributed by atoms with E-state index in [1.165, 1.54) is 11.3 Å². The zero-order chi connectivity index (χ0) is 18.9. The average Bonchev–Trinajstić information content (AvgIpc) is 3.00. The molecule has 0 fully saturated rings. The number of pyridine rings is 1. The van der Waals surface area contributed by atoms with E-state index in [0.717, 1.165) is 21.3 Å². The molecule has 0 atom stereocenters. The van der Waals surface area contributed by atoms with Crippen molar-refractivity contribution in [2.24, 2.45) is 0 Å². The van der Waals surface area contributed by atoms with Crippen LogP contribution in [0.3, 0.4) is 0 Å². The molecule has 3 nitrogen and oxygen atoms in total. The van der Waals surface area contributed by atoms with Crippen LogP contribution in [0.15, 0.2) is 46.7 Å². The Balaban J connectivity index is 1.82. The Labute approximate surface area is 160 Å². The van der Waals surface area contributed by atoms with Gasteiger partial charge in [0.15, 0.2) is 0 Å². The Bertz CT molecular complexity index is 981. The summed E-state index contributed by atoms with van der Waals surface area (Å²) in [4.78, 5) is 16.4. The van der Waals surface area contributed by atoms with Crippen molar-refractivity contribution < 1.29 is 13.2 Å². The van der Waals surface area contributed by atoms with Crippen molar-refractivity contribution >= 4 is 34.5 Å². The van der Waals surface area contributed by atoms with Gasteiger partial charge in [-0.25, -0.2) is 4.98 Å². The Morgan fingerprint density at radius 1 is 1.15 bits per heavy atom. The van der Waals surface area contributed by atoms with E-state index >= 15 is 0 Å². The van der Waals surface area contributed by atoms with Crippen molar-refractivity contribution in [1.29, 1.82) is 0 Å². The number of alkyl halides is 3. The van der Waals surface area contributed by atoms with Gasteiger partial charge in [0.2, 0.25) is 0 Å². The van der Waals surface area contributed by atoms with Crippen LogP contribution in [0.5, 0.6) is 0 Å². The summed E-state index contributed by atoms with van der Waals surface area (Å²) in [5.41, 5.74) is -0.156. The van der Waals surface area contributed by atoms with Gasteiger partial charge >= 0.3 is 6.18 Å². The molecule has 3 aromatic rings. The maximum atomic E-state index is 12.9. The molecule has 0 aliphatic heterocycles. The van der Waals surface area contributed by atoms with Gasteiger partial charge < -0.3 is 4.57 Å². The normalized spacial score (nSPS) is 11.7. The summed E-state index contributed by atoms with van der Waals surface area (Å²) in [6.45, 7) is -0.0837. The van der Waals surface area contributed by atoms with E-state index in [4.69, 9.17) is 23.2 Å². The van der Waals surface area contributed by atoms with E-state index in [9.17, 15) is 18.0 Å². The first-order chi connectivity index (χ1) is 12.2. The van der Waals surface area contributed by atoms with Crippen LogP contribution in [0.1, 0.15) is 21.8 Å². The third-order valence-corrected chi connectivity index (χ3v) is 4.99. The maximum absolute atomic E-state index is 12.9. The van der Waals surface area contributed by atoms with Crippen molar-refractivity contribution in [2.45, 2.75) is 19.1 Å². The van der Waals surface area contributed by atoms with Crippen molar-refractivity contribution in [3.63, 3.8) is 0 Å². The standard InChI is InChI=1S/C17H11Cl2F3N2OS/c18-12-3-1-10(2-4-12)5-15-23-13(9-26-15)8-24-7-11(17(20,21)22)6-14(19)16(24)25/h1-4,6-7,9H,5,8H2. The first kappa shape index (κ1) is 18.9. The largest absolute Gasteiger partial charge is 0.417 e. The Morgan fingerprint density at radius 3 is 2.50 bits per heavy atom. The van der Waals surface area contributed by atoms with Gasteiger partial charge in [0.05, 0.1) is 22.8 Å². The van der Waals surface area contributed by atoms with Crippen LogP contribution in [0.2, 0.25) is 10.0 Å². The fourth-order valence-electron chi connectivity index (χ4n) is 2.33. The Morgan fingerprint density at radius 2 is 1.85 bits per heavy atom. The fourth-order valence-corrected chi connectivity index (χ4v) is 3.50. The van der Waals surface area contributed by atoms with E-state index in [2.05, 4.69) is 4.98 Å². The second-order valence-corrected chi connectivity index (χ2v) is 7.33. The molecule has 3 rings (SSSR count). The molecule has 0 aliphatic rings. The third kappa shape index (κ3) is 4.47. The molecule has 136 valence electrons. The minimum absolute atomic E-state index is 0.0837. The molecule has 0 saturated carbocycles. The number of benzene rings is 1. The lowest BCUT2D eigenvalue weighted by molar-refractivity contribution is -0.138. The number of rotatable bonds is 4. The number of hydrogen-bond donors (Lipinski definition) is 0. The number of nitrogens with zero attached hydrogens (tertiary/aromatic N) is 2. The van der Waals surface area contributed by atoms with Gasteiger partial charge in [0, 0.05) is 23.0 Å². The Kier molecular flexibility index (Phi) is 5.41. The number of aromatic nitrogens is 2. The van der Waals surface area contributed by atoms with Crippen molar-refractivity contribution in [3.05, 3.63) is 84.1 Å². The molecule has 0 aliphatic carbocycles. The summed E-state index contributed by atoms with van der Waals surface area (Å²) in [6, 6.07) is 7.93. The van der Waals surface area contributed by atoms with E-state index < -0.39 is 22.3 Å². The average molecular weight is 419 g/mol. The molecular weight excluding hydrogens is 408 g/mol. The molecule has 9 heteroatoms. The molecule has 0 saturated heterocycles. The van der Waals surface area contributed by atoms with E-state index in [1.54, 1.807) is 17.5 Å². The molecule has 0 N–H and O–H groups in total. The van der Waals surface area contributed by atoms with Crippen molar-refractivity contribution in [1.82, 2.24) is 9.55 Å². The van der Waals surface area contributed by atoms with Crippen molar-refractivity contribution in [2.75, 3.05) is 0 Å². The molecular formula is C17H11Cl2F3N2OS. The van der Waals surface area contributed by atoms with E-state index in [-0.39, 0.29) is 6.54 Å². The summed E-state index contributed by atoms with van der Waals surface area (Å²) in [7, 11) is 0. The zero-order valence-electron chi connectivity index (χ0n) is 13.1. The highest BCUT2D eigenvalue weighted by molar-refractivity contribution is 7.09. The number of thiazole rings is 1. The molecule has 0 unspecified atom stereocenters. The smallest absolute Gasteiger partial charge is 0.308 e. The predicted molar refractivity (Wildman–Crippen MR) is 96.2 cm³/mol. The zero-order valence-corrected chi connectivity index (χ0v) is 15.4. The lowest BCUT2D eigenvalue weighted by atomic mass is 10.2. The predicted octanol–water partition coefficient (Wildman–Crippen LogP) is 5.27. The molecule has 0 radical (unpaired) electrons. The fraction of sp³-hybridized carbons (Fsp3) is 0.176. The van der Waals surface area contributed by atoms with Crippen LogP contribution in [-0.4, -0.2) is 9.55 Å². The molecule has 0 amide bonds. The summed E-state index contributed by atoms with van der Waals surface area (Å²) >= 11 is 12.9. The molecule has 1 aromatic carbocycles. The van der Waals surface area contributed by atoms with Gasteiger partial charge in [0.25, 0.3) is 5.56 Å². The van der Waals surface area contributed by atoms with Crippen LogP contribution in [0.4, 0.5) is 13.2 Å². The first-order valence-electron chi connectivity index (χ1n) is 7.37. The molecule has 2 heterocycles. The van der Waals surface area contributed by atoms with E-state index in [0.29, 0.717) is 23.2 Å². The van der Waals surface area contributed by atoms with Crippen LogP contribution < -0.4 is 5.56 Å². The summed E-state index contributed by atoms with van der Waals surface area (Å²) in [5, 5.41) is 2.66. The second kappa shape index (κ2) is 7.42. The van der Waals surface area contributed by atoms with Gasteiger partial charge in [-0.2, -0.15) is 13.2 Å². The topological polar surface area (TPSA) is 34.9 Å². The minimum atomic E-state index is -4.58. The SMILES string of the molecule is O=c1c(Cl)cc(C(F)(F)F)cn1Cc1csc(Cc2ccc(Cl)cc2)n1. The highest BCUT2D eigenvalue weighted by atomic mass is 35.5. The van der Waals surface area contributed by atoms with Gasteiger partial charge in [-0.05, 0) is 23.8 Å². The van der Waals surface area contributed by atoms with Crippen LogP contribution >= 0.6 is 34.5 Å². The quantitative estimate of drug-likeness (QED) is 0.578. The first-order valence-corrected chi connectivity index (χ1v) is 9.01. The number of hydrogen-bond acceptors (Lipinski definition) is 3. The molecule has 26 heavy (non-hydrogen) atoms. The lowest BCUT2D eigenvalue weighted by Gasteiger charge is -2.10. The third-order valence-electron chi connectivity index (χ3n) is 3.57. The van der Waals surface area contributed by atoms with Crippen molar-refractivity contribution in [3.8, 4) is 0 Å². The highest BCUT2D eigenvalue weighted by Crippen LogP contribution is 2.29. The summed E-state index contributed by atoms with van der Waals surface area (Å²) < 4.78 is 39.6. The van der Waals surface area contributed by atoms with Gasteiger partial charge in [-0.1, -0.05) is 35.3 Å². The van der Waals surface area contributed by atoms with Gasteiger partial charge in [-0.3, -0.25) is 4.79 Å². The van der Waals surface area contributed by atoms with Gasteiger partial charge in [-0.15, -0.1) is 11.3 Å². The monoisotopic (exact) mass is 418 g/mol. The lowest BCUT2D eigenvalue weighted by Crippen LogP contribution is -2.23. The van der Waals surface area contributed by atoms with Gasteiger partial charge in [0.1, 0.15) is 5.02 Å². The van der Waals surface area contributed by atoms with E-state index in [1.807, 2.05) is 12.1 Å². The summed E-state index contributed by atoms with van der Waals surface area (Å²) in [6.07, 6.45) is -3.26. The van der Waals surface area contributed by atoms with Crippen LogP contribution in [-0.2, 0) is 19.1 Å². The summed E-state index contributed by atoms with van der Waals surface area (Å²) in [5.74, 6) is 0. The van der Waals surface area contributed by atoms with Crippen LogP contribution in [0.25, 0.3) is 0 Å². The second-order valence-electron chi connectivity index (χ2n) is 5.54. The van der Waals surface area contributed by atoms with Crippen LogP contribution in [0, 0.1) is 0 Å². The maximum Gasteiger partial charge on any atom is 0.417 e. The minimum Gasteiger partial charge on any atom is -0.308 e. The molecule has 0 bridgehead atoms. The highest BCUT2D eigenvalue weighted by Gasteiger charge is 2.32. The number of halogens is 5. The molecule has 2 aromatic heterocycles. The Hall–Kier alpha value is -1.83. The molecule has 0 spiro atoms.